The molecule has 0 fully saturated rings. The lowest BCUT2D eigenvalue weighted by Gasteiger charge is -2.33. The zero-order chi connectivity index (χ0) is 16.4. The van der Waals surface area contributed by atoms with E-state index >= 15 is 0 Å². The number of amides is 1. The topological polar surface area (TPSA) is 66.8 Å². The Morgan fingerprint density at radius 1 is 1.38 bits per heavy atom. The largest absolute Gasteiger partial charge is 0.481 e. The number of ether oxygens (including phenoxy) is 1. The smallest absolute Gasteiger partial charge is 0.329 e. The minimum Gasteiger partial charge on any atom is -0.481 e. The second kappa shape index (κ2) is 6.35. The lowest BCUT2D eigenvalue weighted by atomic mass is 10.0. The number of hydrogen-bond acceptors (Lipinski definition) is 3. The van der Waals surface area contributed by atoms with Crippen molar-refractivity contribution in [2.45, 2.75) is 39.3 Å². The molecule has 0 heterocycles. The Labute approximate surface area is 129 Å². The molecule has 1 unspecified atom stereocenters. The van der Waals surface area contributed by atoms with Gasteiger partial charge in [-0.15, -0.1) is 0 Å². The number of aryl methyl sites for hydroxylation is 1. The molecule has 0 saturated heterocycles. The Balaban J connectivity index is 2.83. The van der Waals surface area contributed by atoms with E-state index < -0.39 is 23.5 Å². The van der Waals surface area contributed by atoms with Crippen molar-refractivity contribution in [1.82, 2.24) is 4.90 Å². The maximum absolute atomic E-state index is 12.3. The van der Waals surface area contributed by atoms with E-state index in [-0.39, 0.29) is 0 Å². The Kier molecular flexibility index (Phi) is 5.23. The van der Waals surface area contributed by atoms with Gasteiger partial charge in [0.25, 0.3) is 5.91 Å². The lowest BCUT2D eigenvalue weighted by Crippen LogP contribution is -2.54. The number of halogens is 1. The molecular weight excluding hydrogens is 294 g/mol. The van der Waals surface area contributed by atoms with Gasteiger partial charge in [-0.05, 0) is 51.5 Å². The van der Waals surface area contributed by atoms with Crippen LogP contribution in [0.5, 0.6) is 5.75 Å². The molecule has 1 aromatic rings. The van der Waals surface area contributed by atoms with Crippen LogP contribution in [0.3, 0.4) is 0 Å². The number of likely N-dealkylation sites (N-methyl/N-ethyl adjacent to an activating group) is 1. The van der Waals surface area contributed by atoms with Crippen LogP contribution in [0.25, 0.3) is 0 Å². The second-order valence-electron chi connectivity index (χ2n) is 5.43. The fourth-order valence-electron chi connectivity index (χ4n) is 1.64. The number of benzene rings is 1. The van der Waals surface area contributed by atoms with E-state index in [2.05, 4.69) is 0 Å². The first-order valence-electron chi connectivity index (χ1n) is 6.51. The molecule has 0 radical (unpaired) electrons. The van der Waals surface area contributed by atoms with E-state index in [9.17, 15) is 9.59 Å². The Bertz CT molecular complexity index is 557. The molecule has 0 saturated carbocycles. The van der Waals surface area contributed by atoms with Crippen LogP contribution in [-0.2, 0) is 9.59 Å². The molecule has 0 spiro atoms. The lowest BCUT2D eigenvalue weighted by molar-refractivity contribution is -0.157. The fourth-order valence-corrected chi connectivity index (χ4v) is 1.75. The molecule has 1 N–H and O–H groups in total. The predicted octanol–water partition coefficient (Wildman–Crippen LogP) is 2.74. The van der Waals surface area contributed by atoms with Crippen LogP contribution in [-0.4, -0.2) is 40.6 Å². The third-order valence-electron chi connectivity index (χ3n) is 3.48. The van der Waals surface area contributed by atoms with Crippen LogP contribution in [0.15, 0.2) is 18.2 Å². The van der Waals surface area contributed by atoms with Gasteiger partial charge >= 0.3 is 5.97 Å². The first-order valence-corrected chi connectivity index (χ1v) is 6.89. The Morgan fingerprint density at radius 2 is 1.95 bits per heavy atom. The van der Waals surface area contributed by atoms with E-state index in [1.807, 2.05) is 6.92 Å². The first kappa shape index (κ1) is 17.3. The molecule has 21 heavy (non-hydrogen) atoms. The van der Waals surface area contributed by atoms with Crippen molar-refractivity contribution < 1.29 is 19.4 Å². The zero-order valence-electron chi connectivity index (χ0n) is 12.8. The summed E-state index contributed by atoms with van der Waals surface area (Å²) < 4.78 is 5.57. The van der Waals surface area contributed by atoms with Crippen LogP contribution >= 0.6 is 11.6 Å². The van der Waals surface area contributed by atoms with E-state index in [4.69, 9.17) is 21.4 Å². The Hall–Kier alpha value is -1.75. The molecule has 6 heteroatoms. The molecule has 1 atom stereocenters. The molecule has 5 nitrogen and oxygen atoms in total. The van der Waals surface area contributed by atoms with Gasteiger partial charge in [0, 0.05) is 12.1 Å². The number of carbonyl (C=O) groups excluding carboxylic acids is 1. The SMILES string of the molecule is Cc1cc(OC(C)C(=O)N(C)C(C)(C)C(=O)O)ccc1Cl. The number of carbonyl (C=O) groups is 2. The summed E-state index contributed by atoms with van der Waals surface area (Å²) in [5.41, 5.74) is -0.460. The monoisotopic (exact) mass is 313 g/mol. The summed E-state index contributed by atoms with van der Waals surface area (Å²) in [5, 5.41) is 9.77. The van der Waals surface area contributed by atoms with E-state index in [0.29, 0.717) is 10.8 Å². The molecule has 0 aliphatic heterocycles. The van der Waals surface area contributed by atoms with Gasteiger partial charge < -0.3 is 14.7 Å². The van der Waals surface area contributed by atoms with Crippen molar-refractivity contribution in [3.8, 4) is 5.75 Å². The normalized spacial score (nSPS) is 12.7. The molecule has 0 aliphatic carbocycles. The standard InChI is InChI=1S/C15H20ClNO4/c1-9-8-11(6-7-12(9)16)21-10(2)13(18)17(5)15(3,4)14(19)20/h6-8,10H,1-5H3,(H,19,20). The number of nitrogens with zero attached hydrogens (tertiary/aromatic N) is 1. The highest BCUT2D eigenvalue weighted by Crippen LogP contribution is 2.23. The molecule has 0 aromatic heterocycles. The van der Waals surface area contributed by atoms with Crippen LogP contribution in [0.1, 0.15) is 26.3 Å². The molecule has 1 amide bonds. The molecule has 1 rings (SSSR count). The van der Waals surface area contributed by atoms with Crippen molar-refractivity contribution in [3.63, 3.8) is 0 Å². The van der Waals surface area contributed by atoms with Crippen LogP contribution < -0.4 is 4.74 Å². The van der Waals surface area contributed by atoms with Crippen LogP contribution in [0.4, 0.5) is 0 Å². The average molecular weight is 314 g/mol. The number of carboxylic acid groups (broad SMARTS) is 1. The number of hydrogen-bond donors (Lipinski definition) is 1. The highest BCUT2D eigenvalue weighted by molar-refractivity contribution is 6.31. The van der Waals surface area contributed by atoms with Gasteiger partial charge in [-0.2, -0.15) is 0 Å². The summed E-state index contributed by atoms with van der Waals surface area (Å²) in [7, 11) is 1.45. The van der Waals surface area contributed by atoms with E-state index in [1.165, 1.54) is 25.8 Å². The quantitative estimate of drug-likeness (QED) is 0.907. The molecule has 0 aliphatic rings. The average Bonchev–Trinajstić information content (AvgIpc) is 2.40. The van der Waals surface area contributed by atoms with Gasteiger partial charge in [-0.1, -0.05) is 11.6 Å². The van der Waals surface area contributed by atoms with Gasteiger partial charge in [0.15, 0.2) is 6.10 Å². The zero-order valence-corrected chi connectivity index (χ0v) is 13.6. The summed E-state index contributed by atoms with van der Waals surface area (Å²) in [6.45, 7) is 6.35. The third-order valence-corrected chi connectivity index (χ3v) is 3.91. The van der Waals surface area contributed by atoms with Crippen molar-refractivity contribution in [1.29, 1.82) is 0 Å². The maximum Gasteiger partial charge on any atom is 0.329 e. The summed E-state index contributed by atoms with van der Waals surface area (Å²) in [4.78, 5) is 24.6. The minimum absolute atomic E-state index is 0.407. The number of aliphatic carboxylic acids is 1. The van der Waals surface area contributed by atoms with Crippen molar-refractivity contribution in [3.05, 3.63) is 28.8 Å². The van der Waals surface area contributed by atoms with Crippen LogP contribution in [0.2, 0.25) is 5.02 Å². The summed E-state index contributed by atoms with van der Waals surface area (Å²) in [5.74, 6) is -0.970. The first-order chi connectivity index (χ1) is 9.57. The maximum atomic E-state index is 12.3. The second-order valence-corrected chi connectivity index (χ2v) is 5.84. The van der Waals surface area contributed by atoms with Gasteiger partial charge in [-0.3, -0.25) is 4.79 Å². The minimum atomic E-state index is -1.30. The Morgan fingerprint density at radius 3 is 2.43 bits per heavy atom. The van der Waals surface area contributed by atoms with Crippen molar-refractivity contribution in [2.75, 3.05) is 7.05 Å². The summed E-state index contributed by atoms with van der Waals surface area (Å²) in [6, 6.07) is 5.09. The molecule has 116 valence electrons. The van der Waals surface area contributed by atoms with Gasteiger partial charge in [-0.25, -0.2) is 4.79 Å². The third kappa shape index (κ3) is 3.88. The fraction of sp³-hybridized carbons (Fsp3) is 0.467. The van der Waals surface area contributed by atoms with E-state index in [1.54, 1.807) is 25.1 Å². The van der Waals surface area contributed by atoms with E-state index in [0.717, 1.165) is 5.56 Å². The van der Waals surface area contributed by atoms with Gasteiger partial charge in [0.2, 0.25) is 0 Å². The summed E-state index contributed by atoms with van der Waals surface area (Å²) >= 11 is 5.93. The predicted molar refractivity (Wildman–Crippen MR) is 80.8 cm³/mol. The van der Waals surface area contributed by atoms with Crippen molar-refractivity contribution in [2.24, 2.45) is 0 Å². The molecule has 1 aromatic carbocycles. The number of carboxylic acids is 1. The van der Waals surface area contributed by atoms with Gasteiger partial charge in [0.1, 0.15) is 11.3 Å². The number of rotatable bonds is 5. The van der Waals surface area contributed by atoms with Crippen LogP contribution in [0, 0.1) is 6.92 Å². The van der Waals surface area contributed by atoms with Crippen molar-refractivity contribution >= 4 is 23.5 Å². The molecule has 0 bridgehead atoms. The highest BCUT2D eigenvalue weighted by Gasteiger charge is 2.37. The van der Waals surface area contributed by atoms with Gasteiger partial charge in [0.05, 0.1) is 0 Å². The summed E-state index contributed by atoms with van der Waals surface area (Å²) in [6.07, 6.45) is -0.797. The molecular formula is C15H20ClNO4. The highest BCUT2D eigenvalue weighted by atomic mass is 35.5.